The van der Waals surface area contributed by atoms with Crippen molar-refractivity contribution in [3.05, 3.63) is 52.1 Å². The summed E-state index contributed by atoms with van der Waals surface area (Å²) in [6, 6.07) is 9.84. The second-order valence-electron chi connectivity index (χ2n) is 4.07. The van der Waals surface area contributed by atoms with Crippen molar-refractivity contribution in [1.29, 1.82) is 0 Å². The Hall–Kier alpha value is -1.39. The molecule has 2 aromatic rings. The molecule has 3 nitrogen and oxygen atoms in total. The van der Waals surface area contributed by atoms with E-state index in [1.807, 2.05) is 50.5 Å². The number of benzene rings is 1. The zero-order valence-corrected chi connectivity index (χ0v) is 12.0. The average Bonchev–Trinajstić information content (AvgIpc) is 2.35. The molecule has 94 valence electrons. The minimum Gasteiger partial charge on any atom is -0.438 e. The third-order valence-electron chi connectivity index (χ3n) is 2.48. The van der Waals surface area contributed by atoms with E-state index in [2.05, 4.69) is 26.2 Å². The highest BCUT2D eigenvalue weighted by atomic mass is 79.9. The fourth-order valence-corrected chi connectivity index (χ4v) is 2.16. The molecule has 0 bridgehead atoms. The van der Waals surface area contributed by atoms with E-state index in [1.165, 1.54) is 5.56 Å². The van der Waals surface area contributed by atoms with Gasteiger partial charge in [-0.1, -0.05) is 12.1 Å². The van der Waals surface area contributed by atoms with Gasteiger partial charge in [0.25, 0.3) is 0 Å². The number of hydrogen-bond donors (Lipinski definition) is 1. The molecule has 1 aromatic carbocycles. The molecule has 0 aliphatic rings. The largest absolute Gasteiger partial charge is 0.438 e. The van der Waals surface area contributed by atoms with E-state index in [0.717, 1.165) is 22.3 Å². The number of nitrogens with one attached hydrogen (secondary N) is 1. The molecule has 2 rings (SSSR count). The minimum atomic E-state index is 0.597. The molecular formula is C14H15BrN2O. The Morgan fingerprint density at radius 2 is 2.11 bits per heavy atom. The van der Waals surface area contributed by atoms with Gasteiger partial charge >= 0.3 is 0 Å². The summed E-state index contributed by atoms with van der Waals surface area (Å²) in [6.45, 7) is 2.85. The van der Waals surface area contributed by atoms with Gasteiger partial charge in [0, 0.05) is 18.8 Å². The standard InChI is InChI=1S/C14H15BrN2O/c1-10-3-5-13(12(15)7-10)18-14-6-4-11(8-16-2)9-17-14/h3-7,9,16H,8H2,1-2H3. The van der Waals surface area contributed by atoms with Crippen LogP contribution in [-0.4, -0.2) is 12.0 Å². The summed E-state index contributed by atoms with van der Waals surface area (Å²) in [7, 11) is 1.91. The van der Waals surface area contributed by atoms with Crippen molar-refractivity contribution >= 4 is 15.9 Å². The van der Waals surface area contributed by atoms with Crippen LogP contribution in [0.4, 0.5) is 0 Å². The highest BCUT2D eigenvalue weighted by molar-refractivity contribution is 9.10. The van der Waals surface area contributed by atoms with E-state index in [1.54, 1.807) is 0 Å². The number of hydrogen-bond acceptors (Lipinski definition) is 3. The van der Waals surface area contributed by atoms with Crippen LogP contribution in [0.25, 0.3) is 0 Å². The minimum absolute atomic E-state index is 0.597. The summed E-state index contributed by atoms with van der Waals surface area (Å²) in [5.41, 5.74) is 2.32. The Morgan fingerprint density at radius 1 is 1.28 bits per heavy atom. The SMILES string of the molecule is CNCc1ccc(Oc2ccc(C)cc2Br)nc1. The predicted molar refractivity (Wildman–Crippen MR) is 76.0 cm³/mol. The van der Waals surface area contributed by atoms with Crippen LogP contribution in [0.15, 0.2) is 41.0 Å². The van der Waals surface area contributed by atoms with Gasteiger partial charge in [0.15, 0.2) is 0 Å². The quantitative estimate of drug-likeness (QED) is 0.936. The van der Waals surface area contributed by atoms with Crippen LogP contribution < -0.4 is 10.1 Å². The maximum atomic E-state index is 5.72. The van der Waals surface area contributed by atoms with E-state index in [0.29, 0.717) is 5.88 Å². The van der Waals surface area contributed by atoms with Crippen molar-refractivity contribution in [2.75, 3.05) is 7.05 Å². The topological polar surface area (TPSA) is 34.1 Å². The molecule has 1 heterocycles. The van der Waals surface area contributed by atoms with E-state index < -0.39 is 0 Å². The van der Waals surface area contributed by atoms with E-state index in [9.17, 15) is 0 Å². The fraction of sp³-hybridized carbons (Fsp3) is 0.214. The number of ether oxygens (including phenoxy) is 1. The zero-order chi connectivity index (χ0) is 13.0. The van der Waals surface area contributed by atoms with Crippen LogP contribution in [0.2, 0.25) is 0 Å². The highest BCUT2D eigenvalue weighted by Gasteiger charge is 2.03. The molecule has 0 aliphatic carbocycles. The molecule has 0 saturated heterocycles. The number of pyridine rings is 1. The zero-order valence-electron chi connectivity index (χ0n) is 10.4. The third-order valence-corrected chi connectivity index (χ3v) is 3.10. The van der Waals surface area contributed by atoms with Crippen molar-refractivity contribution in [2.45, 2.75) is 13.5 Å². The molecular weight excluding hydrogens is 292 g/mol. The van der Waals surface area contributed by atoms with E-state index >= 15 is 0 Å². The Balaban J connectivity index is 2.13. The van der Waals surface area contributed by atoms with Gasteiger partial charge in [0.1, 0.15) is 5.75 Å². The number of halogens is 1. The van der Waals surface area contributed by atoms with Crippen LogP contribution in [0.1, 0.15) is 11.1 Å². The smallest absolute Gasteiger partial charge is 0.219 e. The third kappa shape index (κ3) is 3.31. The van der Waals surface area contributed by atoms with Gasteiger partial charge in [0.05, 0.1) is 4.47 Å². The molecule has 1 N–H and O–H groups in total. The van der Waals surface area contributed by atoms with Crippen molar-refractivity contribution in [3.63, 3.8) is 0 Å². The lowest BCUT2D eigenvalue weighted by Crippen LogP contribution is -2.05. The molecule has 1 aromatic heterocycles. The number of rotatable bonds is 4. The van der Waals surface area contributed by atoms with E-state index in [-0.39, 0.29) is 0 Å². The van der Waals surface area contributed by atoms with Crippen LogP contribution in [0.5, 0.6) is 11.6 Å². The summed E-state index contributed by atoms with van der Waals surface area (Å²) in [6.07, 6.45) is 1.81. The molecule has 18 heavy (non-hydrogen) atoms. The molecule has 0 spiro atoms. The second kappa shape index (κ2) is 5.98. The lowest BCUT2D eigenvalue weighted by Gasteiger charge is -2.08. The van der Waals surface area contributed by atoms with E-state index in [4.69, 9.17) is 4.74 Å². The van der Waals surface area contributed by atoms with Crippen molar-refractivity contribution in [1.82, 2.24) is 10.3 Å². The Bertz CT molecular complexity index is 526. The molecule has 0 aliphatic heterocycles. The molecule has 0 amide bonds. The van der Waals surface area contributed by atoms with Crippen LogP contribution >= 0.6 is 15.9 Å². The molecule has 0 saturated carbocycles. The molecule has 0 fully saturated rings. The van der Waals surface area contributed by atoms with Gasteiger partial charge in [-0.3, -0.25) is 0 Å². The molecule has 0 unspecified atom stereocenters. The van der Waals surface area contributed by atoms with Crippen molar-refractivity contribution < 1.29 is 4.74 Å². The van der Waals surface area contributed by atoms with Crippen molar-refractivity contribution in [3.8, 4) is 11.6 Å². The van der Waals surface area contributed by atoms with Gasteiger partial charge < -0.3 is 10.1 Å². The highest BCUT2D eigenvalue weighted by Crippen LogP contribution is 2.29. The lowest BCUT2D eigenvalue weighted by atomic mass is 10.2. The second-order valence-corrected chi connectivity index (χ2v) is 4.93. The maximum Gasteiger partial charge on any atom is 0.219 e. The fourth-order valence-electron chi connectivity index (χ4n) is 1.58. The van der Waals surface area contributed by atoms with Gasteiger partial charge in [-0.15, -0.1) is 0 Å². The Morgan fingerprint density at radius 3 is 2.72 bits per heavy atom. The van der Waals surface area contributed by atoms with Crippen LogP contribution in [-0.2, 0) is 6.54 Å². The first-order valence-electron chi connectivity index (χ1n) is 5.72. The first-order valence-corrected chi connectivity index (χ1v) is 6.52. The van der Waals surface area contributed by atoms with Gasteiger partial charge in [-0.2, -0.15) is 0 Å². The molecule has 0 radical (unpaired) electrons. The summed E-state index contributed by atoms with van der Waals surface area (Å²) in [5.74, 6) is 1.37. The van der Waals surface area contributed by atoms with Crippen LogP contribution in [0, 0.1) is 6.92 Å². The monoisotopic (exact) mass is 306 g/mol. The lowest BCUT2D eigenvalue weighted by molar-refractivity contribution is 0.459. The first kappa shape index (κ1) is 13.1. The first-order chi connectivity index (χ1) is 8.69. The normalized spacial score (nSPS) is 10.4. The number of aromatic nitrogens is 1. The maximum absolute atomic E-state index is 5.72. The summed E-state index contributed by atoms with van der Waals surface area (Å²) in [4.78, 5) is 4.27. The number of nitrogens with zero attached hydrogens (tertiary/aromatic N) is 1. The summed E-state index contributed by atoms with van der Waals surface area (Å²) in [5, 5.41) is 3.08. The van der Waals surface area contributed by atoms with Gasteiger partial charge in [-0.05, 0) is 53.2 Å². The van der Waals surface area contributed by atoms with Crippen molar-refractivity contribution in [2.24, 2.45) is 0 Å². The molecule has 4 heteroatoms. The Kier molecular flexibility index (Phi) is 4.33. The predicted octanol–water partition coefficient (Wildman–Crippen LogP) is 3.66. The van der Waals surface area contributed by atoms with Crippen LogP contribution in [0.3, 0.4) is 0 Å². The molecule has 0 atom stereocenters. The summed E-state index contributed by atoms with van der Waals surface area (Å²) < 4.78 is 6.65. The number of aryl methyl sites for hydroxylation is 1. The Labute approximate surface area is 115 Å². The van der Waals surface area contributed by atoms with Gasteiger partial charge in [-0.25, -0.2) is 4.98 Å². The van der Waals surface area contributed by atoms with Gasteiger partial charge in [0.2, 0.25) is 5.88 Å². The summed E-state index contributed by atoms with van der Waals surface area (Å²) >= 11 is 3.48. The average molecular weight is 307 g/mol.